The molecule has 0 aliphatic heterocycles. The molecule has 0 heterocycles. The second kappa shape index (κ2) is 7.10. The Labute approximate surface area is 81.4 Å². The van der Waals surface area contributed by atoms with Gasteiger partial charge in [-0.1, -0.05) is 11.6 Å². The number of methoxy groups -OCH3 is 1. The quantitative estimate of drug-likeness (QED) is 0.503. The van der Waals surface area contributed by atoms with Gasteiger partial charge in [0.2, 0.25) is 0 Å². The molecule has 1 rings (SSSR count). The highest BCUT2D eigenvalue weighted by atomic mass is 16.5. The van der Waals surface area contributed by atoms with Crippen molar-refractivity contribution in [2.24, 2.45) is 0 Å². The number of ether oxygens (including phenoxy) is 1. The van der Waals surface area contributed by atoms with E-state index in [-0.39, 0.29) is 0 Å². The third kappa shape index (κ3) is 5.06. The largest absolute Gasteiger partial charge is 0.383 e. The van der Waals surface area contributed by atoms with Crippen LogP contribution in [0.1, 0.15) is 32.1 Å². The highest BCUT2D eigenvalue weighted by molar-refractivity contribution is 5.04. The second-order valence-electron chi connectivity index (χ2n) is 3.60. The molecule has 0 saturated heterocycles. The minimum Gasteiger partial charge on any atom is -0.383 e. The number of allylic oxidation sites excluding steroid dienone is 1. The van der Waals surface area contributed by atoms with Gasteiger partial charge in [0.15, 0.2) is 0 Å². The van der Waals surface area contributed by atoms with E-state index in [0.29, 0.717) is 0 Å². The molecule has 0 radical (unpaired) electrons. The molecule has 0 aromatic rings. The summed E-state index contributed by atoms with van der Waals surface area (Å²) >= 11 is 0. The van der Waals surface area contributed by atoms with Crippen LogP contribution >= 0.6 is 0 Å². The Balaban J connectivity index is 1.95. The molecule has 1 aliphatic carbocycles. The Morgan fingerprint density at radius 2 is 2.31 bits per heavy atom. The molecular formula is C11H21NO. The number of hydrogen-bond acceptors (Lipinski definition) is 2. The van der Waals surface area contributed by atoms with Crippen molar-refractivity contribution >= 4 is 0 Å². The third-order valence-electron chi connectivity index (χ3n) is 2.49. The van der Waals surface area contributed by atoms with Crippen LogP contribution in [0.15, 0.2) is 11.6 Å². The van der Waals surface area contributed by atoms with E-state index < -0.39 is 0 Å². The molecule has 2 nitrogen and oxygen atoms in total. The van der Waals surface area contributed by atoms with Crippen LogP contribution in [0.5, 0.6) is 0 Å². The van der Waals surface area contributed by atoms with Crippen LogP contribution < -0.4 is 5.32 Å². The van der Waals surface area contributed by atoms with Gasteiger partial charge in [0.05, 0.1) is 6.61 Å². The highest BCUT2D eigenvalue weighted by Gasteiger charge is 2.02. The van der Waals surface area contributed by atoms with Crippen molar-refractivity contribution in [1.29, 1.82) is 0 Å². The average Bonchev–Trinajstić information content (AvgIpc) is 2.19. The van der Waals surface area contributed by atoms with Crippen molar-refractivity contribution in [1.82, 2.24) is 5.32 Å². The highest BCUT2D eigenvalue weighted by Crippen LogP contribution is 2.19. The number of hydrogen-bond donors (Lipinski definition) is 1. The van der Waals surface area contributed by atoms with Gasteiger partial charge in [-0.3, -0.25) is 0 Å². The predicted octanol–water partition coefficient (Wildman–Crippen LogP) is 2.11. The minimum atomic E-state index is 0.818. The molecule has 0 bridgehead atoms. The Kier molecular flexibility index (Phi) is 5.87. The Morgan fingerprint density at radius 3 is 3.00 bits per heavy atom. The number of rotatable bonds is 6. The van der Waals surface area contributed by atoms with Crippen LogP contribution in [0.25, 0.3) is 0 Å². The average molecular weight is 183 g/mol. The molecule has 0 aromatic carbocycles. The van der Waals surface area contributed by atoms with Gasteiger partial charge in [0, 0.05) is 13.7 Å². The molecule has 0 spiro atoms. The Bertz CT molecular complexity index is 154. The topological polar surface area (TPSA) is 21.3 Å². The zero-order chi connectivity index (χ0) is 9.36. The molecule has 0 saturated carbocycles. The lowest BCUT2D eigenvalue weighted by Crippen LogP contribution is -2.20. The summed E-state index contributed by atoms with van der Waals surface area (Å²) in [5, 5.41) is 3.37. The van der Waals surface area contributed by atoms with Crippen molar-refractivity contribution in [3.05, 3.63) is 11.6 Å². The predicted molar refractivity (Wildman–Crippen MR) is 55.9 cm³/mol. The van der Waals surface area contributed by atoms with Crippen molar-refractivity contribution in [2.75, 3.05) is 26.8 Å². The lowest BCUT2D eigenvalue weighted by Gasteiger charge is -2.12. The SMILES string of the molecule is COCCNCCC1=CCCCC1. The van der Waals surface area contributed by atoms with Crippen molar-refractivity contribution in [2.45, 2.75) is 32.1 Å². The summed E-state index contributed by atoms with van der Waals surface area (Å²) in [5.41, 5.74) is 1.65. The summed E-state index contributed by atoms with van der Waals surface area (Å²) in [4.78, 5) is 0. The van der Waals surface area contributed by atoms with Crippen molar-refractivity contribution < 1.29 is 4.74 Å². The molecular weight excluding hydrogens is 162 g/mol. The third-order valence-corrected chi connectivity index (χ3v) is 2.49. The first-order valence-electron chi connectivity index (χ1n) is 5.31. The summed E-state index contributed by atoms with van der Waals surface area (Å²) in [6.07, 6.45) is 9.05. The fraction of sp³-hybridized carbons (Fsp3) is 0.818. The van der Waals surface area contributed by atoms with Gasteiger partial charge >= 0.3 is 0 Å². The van der Waals surface area contributed by atoms with E-state index in [1.807, 2.05) is 0 Å². The van der Waals surface area contributed by atoms with Crippen LogP contribution in [-0.2, 0) is 4.74 Å². The van der Waals surface area contributed by atoms with Gasteiger partial charge in [-0.2, -0.15) is 0 Å². The molecule has 0 amide bonds. The summed E-state index contributed by atoms with van der Waals surface area (Å²) in [6, 6.07) is 0. The maximum absolute atomic E-state index is 4.96. The maximum Gasteiger partial charge on any atom is 0.0587 e. The summed E-state index contributed by atoms with van der Waals surface area (Å²) < 4.78 is 4.96. The van der Waals surface area contributed by atoms with Crippen LogP contribution in [0.4, 0.5) is 0 Å². The van der Waals surface area contributed by atoms with Gasteiger partial charge in [0.1, 0.15) is 0 Å². The van der Waals surface area contributed by atoms with Gasteiger partial charge < -0.3 is 10.1 Å². The normalized spacial score (nSPS) is 17.2. The molecule has 0 aromatic heterocycles. The molecule has 1 N–H and O–H groups in total. The first-order valence-corrected chi connectivity index (χ1v) is 5.31. The lowest BCUT2D eigenvalue weighted by atomic mass is 9.97. The van der Waals surface area contributed by atoms with Crippen molar-refractivity contribution in [3.63, 3.8) is 0 Å². The zero-order valence-corrected chi connectivity index (χ0v) is 8.64. The van der Waals surface area contributed by atoms with E-state index in [0.717, 1.165) is 19.7 Å². The minimum absolute atomic E-state index is 0.818. The molecule has 0 unspecified atom stereocenters. The van der Waals surface area contributed by atoms with Crippen LogP contribution in [0, 0.1) is 0 Å². The van der Waals surface area contributed by atoms with Crippen LogP contribution in [-0.4, -0.2) is 26.8 Å². The second-order valence-corrected chi connectivity index (χ2v) is 3.60. The fourth-order valence-electron chi connectivity index (χ4n) is 1.68. The molecule has 2 heteroatoms. The van der Waals surface area contributed by atoms with Crippen LogP contribution in [0.2, 0.25) is 0 Å². The van der Waals surface area contributed by atoms with E-state index in [1.54, 1.807) is 12.7 Å². The first kappa shape index (κ1) is 10.7. The van der Waals surface area contributed by atoms with E-state index >= 15 is 0 Å². The standard InChI is InChI=1S/C11H21NO/c1-13-10-9-12-8-7-11-5-3-2-4-6-11/h5,12H,2-4,6-10H2,1H3. The first-order chi connectivity index (χ1) is 6.43. The van der Waals surface area contributed by atoms with E-state index in [4.69, 9.17) is 4.74 Å². The maximum atomic E-state index is 4.96. The Hall–Kier alpha value is -0.340. The molecule has 0 fully saturated rings. The summed E-state index contributed by atoms with van der Waals surface area (Å²) in [7, 11) is 1.74. The van der Waals surface area contributed by atoms with Crippen molar-refractivity contribution in [3.8, 4) is 0 Å². The molecule has 1 aliphatic rings. The van der Waals surface area contributed by atoms with Gasteiger partial charge in [-0.05, 0) is 38.6 Å². The van der Waals surface area contributed by atoms with Gasteiger partial charge in [0.25, 0.3) is 0 Å². The summed E-state index contributed by atoms with van der Waals surface area (Å²) in [6.45, 7) is 2.90. The van der Waals surface area contributed by atoms with E-state index in [9.17, 15) is 0 Å². The monoisotopic (exact) mass is 183 g/mol. The molecule has 76 valence electrons. The van der Waals surface area contributed by atoms with Gasteiger partial charge in [-0.25, -0.2) is 0 Å². The Morgan fingerprint density at radius 1 is 1.38 bits per heavy atom. The molecule has 0 atom stereocenters. The lowest BCUT2D eigenvalue weighted by molar-refractivity contribution is 0.199. The smallest absolute Gasteiger partial charge is 0.0587 e. The molecule has 13 heavy (non-hydrogen) atoms. The van der Waals surface area contributed by atoms with E-state index in [2.05, 4.69) is 11.4 Å². The van der Waals surface area contributed by atoms with Gasteiger partial charge in [-0.15, -0.1) is 0 Å². The summed E-state index contributed by atoms with van der Waals surface area (Å²) in [5.74, 6) is 0. The van der Waals surface area contributed by atoms with E-state index in [1.165, 1.54) is 32.1 Å². The fourth-order valence-corrected chi connectivity index (χ4v) is 1.68. The zero-order valence-electron chi connectivity index (χ0n) is 8.64. The number of nitrogens with one attached hydrogen (secondary N) is 1. The van der Waals surface area contributed by atoms with Crippen LogP contribution in [0.3, 0.4) is 0 Å².